The van der Waals surface area contributed by atoms with E-state index in [1.165, 1.54) is 22.7 Å². The van der Waals surface area contributed by atoms with E-state index < -0.39 is 0 Å². The molecule has 0 aliphatic carbocycles. The highest BCUT2D eigenvalue weighted by Gasteiger charge is 2.23. The first-order valence-electron chi connectivity index (χ1n) is 9.88. The quantitative estimate of drug-likeness (QED) is 0.612. The van der Waals surface area contributed by atoms with Crippen LogP contribution in [0, 0.1) is 0 Å². The van der Waals surface area contributed by atoms with Crippen LogP contribution in [0.25, 0.3) is 0 Å². The highest BCUT2D eigenvalue weighted by Crippen LogP contribution is 2.33. The van der Waals surface area contributed by atoms with Crippen molar-refractivity contribution in [3.63, 3.8) is 0 Å². The molecular weight excluding hydrogens is 436 g/mol. The van der Waals surface area contributed by atoms with Gasteiger partial charge >= 0.3 is 0 Å². The standard InChI is InChI=1S/C21H20N4O4S2/c26-19(22-14-1-2-16-17(9-14)29-7-6-28-16)11-25-5-3-15-18(10-25)31-21(23-15)24-20(27)13-4-8-30-12-13/h1-2,4,8-9,12H,3,5-7,10-11H2,(H,22,26)(H,23,24,27). The normalized spacial score (nSPS) is 15.2. The van der Waals surface area contributed by atoms with Gasteiger partial charge < -0.3 is 14.8 Å². The van der Waals surface area contributed by atoms with Crippen LogP contribution in [0.1, 0.15) is 20.9 Å². The SMILES string of the molecule is O=C(CN1CCc2nc(NC(=O)c3ccsc3)sc2C1)Nc1ccc2c(c1)OCCO2. The third kappa shape index (κ3) is 4.55. The average Bonchev–Trinajstić information content (AvgIpc) is 3.43. The molecule has 2 N–H and O–H groups in total. The molecule has 0 atom stereocenters. The van der Waals surface area contributed by atoms with Crippen LogP contribution in [0.4, 0.5) is 10.8 Å². The second kappa shape index (κ2) is 8.66. The number of nitrogens with one attached hydrogen (secondary N) is 2. The summed E-state index contributed by atoms with van der Waals surface area (Å²) >= 11 is 2.95. The van der Waals surface area contributed by atoms with Gasteiger partial charge in [0.2, 0.25) is 5.91 Å². The lowest BCUT2D eigenvalue weighted by molar-refractivity contribution is -0.117. The van der Waals surface area contributed by atoms with Crippen LogP contribution in [0.2, 0.25) is 0 Å². The molecule has 2 amide bonds. The number of nitrogens with zero attached hydrogens (tertiary/aromatic N) is 2. The fraction of sp³-hybridized carbons (Fsp3) is 0.286. The molecule has 2 aliphatic heterocycles. The zero-order valence-corrected chi connectivity index (χ0v) is 18.2. The van der Waals surface area contributed by atoms with E-state index in [9.17, 15) is 9.59 Å². The van der Waals surface area contributed by atoms with Crippen LogP contribution < -0.4 is 20.1 Å². The van der Waals surface area contributed by atoms with Crippen molar-refractivity contribution in [2.24, 2.45) is 0 Å². The Morgan fingerprint density at radius 3 is 2.84 bits per heavy atom. The van der Waals surface area contributed by atoms with Crippen molar-refractivity contribution in [3.8, 4) is 11.5 Å². The second-order valence-corrected chi connectivity index (χ2v) is 9.09. The number of benzene rings is 1. The Labute approximate surface area is 186 Å². The lowest BCUT2D eigenvalue weighted by Gasteiger charge is -2.25. The molecule has 8 nitrogen and oxygen atoms in total. The summed E-state index contributed by atoms with van der Waals surface area (Å²) in [5, 5.41) is 10.1. The summed E-state index contributed by atoms with van der Waals surface area (Å²) in [6.07, 6.45) is 0.747. The predicted molar refractivity (Wildman–Crippen MR) is 119 cm³/mol. The Hall–Kier alpha value is -2.95. The van der Waals surface area contributed by atoms with Gasteiger partial charge in [0.25, 0.3) is 5.91 Å². The number of hydrogen-bond donors (Lipinski definition) is 2. The van der Waals surface area contributed by atoms with Crippen LogP contribution in [-0.2, 0) is 17.8 Å². The van der Waals surface area contributed by atoms with Crippen LogP contribution in [-0.4, -0.2) is 48.0 Å². The molecule has 0 saturated carbocycles. The molecule has 31 heavy (non-hydrogen) atoms. The fourth-order valence-electron chi connectivity index (χ4n) is 3.52. The largest absolute Gasteiger partial charge is 0.486 e. The van der Waals surface area contributed by atoms with Crippen molar-refractivity contribution in [2.75, 3.05) is 36.9 Å². The number of fused-ring (bicyclic) bond motifs is 2. The number of amides is 2. The van der Waals surface area contributed by atoms with Crippen LogP contribution in [0.5, 0.6) is 11.5 Å². The maximum Gasteiger partial charge on any atom is 0.258 e. The lowest BCUT2D eigenvalue weighted by Crippen LogP contribution is -2.36. The average molecular weight is 457 g/mol. The van der Waals surface area contributed by atoms with Crippen LogP contribution >= 0.6 is 22.7 Å². The third-order valence-electron chi connectivity index (χ3n) is 5.01. The van der Waals surface area contributed by atoms with Gasteiger partial charge in [-0.15, -0.1) is 11.3 Å². The van der Waals surface area contributed by atoms with Gasteiger partial charge in [0.05, 0.1) is 17.8 Å². The van der Waals surface area contributed by atoms with E-state index in [2.05, 4.69) is 20.5 Å². The molecule has 3 aromatic rings. The first-order chi connectivity index (χ1) is 15.1. The van der Waals surface area contributed by atoms with E-state index >= 15 is 0 Å². The molecule has 10 heteroatoms. The first-order valence-corrected chi connectivity index (χ1v) is 11.6. The molecule has 0 fully saturated rings. The second-order valence-electron chi connectivity index (χ2n) is 7.22. The Kier molecular flexibility index (Phi) is 5.58. The molecule has 0 unspecified atom stereocenters. The minimum Gasteiger partial charge on any atom is -0.486 e. The molecule has 2 aromatic heterocycles. The number of anilines is 2. The summed E-state index contributed by atoms with van der Waals surface area (Å²) in [6, 6.07) is 7.19. The Bertz CT molecular complexity index is 1110. The number of carbonyl (C=O) groups excluding carboxylic acids is 2. The van der Waals surface area contributed by atoms with Gasteiger partial charge in [-0.25, -0.2) is 4.98 Å². The summed E-state index contributed by atoms with van der Waals surface area (Å²) in [7, 11) is 0. The molecule has 4 heterocycles. The Morgan fingerprint density at radius 2 is 2.00 bits per heavy atom. The minimum absolute atomic E-state index is 0.0874. The van der Waals surface area contributed by atoms with Crippen molar-refractivity contribution in [2.45, 2.75) is 13.0 Å². The number of ether oxygens (including phenoxy) is 2. The smallest absolute Gasteiger partial charge is 0.258 e. The van der Waals surface area contributed by atoms with E-state index in [0.29, 0.717) is 47.6 Å². The predicted octanol–water partition coefficient (Wildman–Crippen LogP) is 3.22. The summed E-state index contributed by atoms with van der Waals surface area (Å²) in [6.45, 7) is 2.69. The van der Waals surface area contributed by atoms with E-state index in [1.54, 1.807) is 18.2 Å². The summed E-state index contributed by atoms with van der Waals surface area (Å²) in [5.41, 5.74) is 2.31. The van der Waals surface area contributed by atoms with Gasteiger partial charge in [-0.1, -0.05) is 0 Å². The number of hydrogen-bond acceptors (Lipinski definition) is 8. The molecule has 0 radical (unpaired) electrons. The highest BCUT2D eigenvalue weighted by atomic mass is 32.1. The molecule has 0 spiro atoms. The van der Waals surface area contributed by atoms with E-state index in [4.69, 9.17) is 9.47 Å². The van der Waals surface area contributed by atoms with Gasteiger partial charge in [-0.2, -0.15) is 11.3 Å². The molecule has 160 valence electrons. The Balaban J connectivity index is 1.17. The molecular formula is C21H20N4O4S2. The summed E-state index contributed by atoms with van der Waals surface area (Å²) < 4.78 is 11.1. The minimum atomic E-state index is -0.150. The van der Waals surface area contributed by atoms with Crippen molar-refractivity contribution < 1.29 is 19.1 Å². The van der Waals surface area contributed by atoms with Gasteiger partial charge in [0.15, 0.2) is 16.6 Å². The van der Waals surface area contributed by atoms with Gasteiger partial charge in [0.1, 0.15) is 13.2 Å². The van der Waals surface area contributed by atoms with E-state index in [-0.39, 0.29) is 18.4 Å². The number of thiophene rings is 1. The maximum absolute atomic E-state index is 12.5. The number of thiazole rings is 1. The number of carbonyl (C=O) groups is 2. The van der Waals surface area contributed by atoms with Crippen molar-refractivity contribution in [1.82, 2.24) is 9.88 Å². The van der Waals surface area contributed by atoms with Crippen molar-refractivity contribution in [3.05, 3.63) is 51.2 Å². The molecule has 0 bridgehead atoms. The summed E-state index contributed by atoms with van der Waals surface area (Å²) in [5.74, 6) is 1.10. The fourth-order valence-corrected chi connectivity index (χ4v) is 5.21. The lowest BCUT2D eigenvalue weighted by atomic mass is 10.2. The Morgan fingerprint density at radius 1 is 1.13 bits per heavy atom. The maximum atomic E-state index is 12.5. The topological polar surface area (TPSA) is 92.8 Å². The molecule has 0 saturated heterocycles. The van der Waals surface area contributed by atoms with Gasteiger partial charge in [-0.3, -0.25) is 19.8 Å². The monoisotopic (exact) mass is 456 g/mol. The molecule has 1 aromatic carbocycles. The van der Waals surface area contributed by atoms with Crippen LogP contribution in [0.3, 0.4) is 0 Å². The van der Waals surface area contributed by atoms with Crippen LogP contribution in [0.15, 0.2) is 35.0 Å². The first kappa shape index (κ1) is 20.0. The number of aromatic nitrogens is 1. The zero-order valence-electron chi connectivity index (χ0n) is 16.6. The van der Waals surface area contributed by atoms with Gasteiger partial charge in [-0.05, 0) is 23.6 Å². The van der Waals surface area contributed by atoms with Crippen molar-refractivity contribution in [1.29, 1.82) is 0 Å². The van der Waals surface area contributed by atoms with Gasteiger partial charge in [0, 0.05) is 41.5 Å². The van der Waals surface area contributed by atoms with Crippen molar-refractivity contribution >= 4 is 45.3 Å². The molecule has 2 aliphatic rings. The molecule has 5 rings (SSSR count). The van der Waals surface area contributed by atoms with E-state index in [1.807, 2.05) is 16.8 Å². The third-order valence-corrected chi connectivity index (χ3v) is 6.69. The summed E-state index contributed by atoms with van der Waals surface area (Å²) in [4.78, 5) is 32.5. The highest BCUT2D eigenvalue weighted by molar-refractivity contribution is 7.16. The van der Waals surface area contributed by atoms with E-state index in [0.717, 1.165) is 23.5 Å². The number of rotatable bonds is 5. The zero-order chi connectivity index (χ0) is 21.2.